The van der Waals surface area contributed by atoms with Crippen molar-refractivity contribution in [3.05, 3.63) is 11.6 Å². The number of Topliss-reactive ketones (excluding diaryl/α,β-unsaturated/α-hetero) is 1. The lowest BCUT2D eigenvalue weighted by molar-refractivity contribution is -0.136. The van der Waals surface area contributed by atoms with Gasteiger partial charge in [-0.05, 0) is 68.1 Å². The Morgan fingerprint density at radius 2 is 1.85 bits per heavy atom. The van der Waals surface area contributed by atoms with Gasteiger partial charge in [0.1, 0.15) is 6.10 Å². The molecule has 0 amide bonds. The highest BCUT2D eigenvalue weighted by atomic mass is 32.3. The summed E-state index contributed by atoms with van der Waals surface area (Å²) in [5, 5.41) is 10.2. The van der Waals surface area contributed by atoms with Gasteiger partial charge in [-0.25, -0.2) is 4.18 Å². The van der Waals surface area contributed by atoms with Gasteiger partial charge in [0.25, 0.3) is 0 Å². The Labute approximate surface area is 155 Å². The number of rotatable bonds is 2. The molecule has 5 unspecified atom stereocenters. The van der Waals surface area contributed by atoms with Crippen LogP contribution in [0.3, 0.4) is 0 Å². The molecule has 0 bridgehead atoms. The molecular formula is C19H28O6S. The third kappa shape index (κ3) is 2.70. The fourth-order valence-electron chi connectivity index (χ4n) is 6.67. The van der Waals surface area contributed by atoms with E-state index in [1.165, 1.54) is 5.57 Å². The van der Waals surface area contributed by atoms with Crippen LogP contribution in [0.2, 0.25) is 0 Å². The van der Waals surface area contributed by atoms with Crippen molar-refractivity contribution in [2.24, 2.45) is 28.6 Å². The van der Waals surface area contributed by atoms with Crippen molar-refractivity contribution in [1.29, 1.82) is 0 Å². The van der Waals surface area contributed by atoms with Crippen molar-refractivity contribution in [2.45, 2.75) is 71.0 Å². The Morgan fingerprint density at radius 1 is 1.15 bits per heavy atom. The van der Waals surface area contributed by atoms with E-state index in [1.807, 2.05) is 6.92 Å². The van der Waals surface area contributed by atoms with E-state index >= 15 is 0 Å². The number of fused-ring (bicyclic) bond motifs is 5. The van der Waals surface area contributed by atoms with Crippen molar-refractivity contribution < 1.29 is 27.1 Å². The molecule has 0 aromatic rings. The number of carbonyl (C=O) groups excluding carboxylic acids is 1. The van der Waals surface area contributed by atoms with Gasteiger partial charge in [-0.15, -0.1) is 0 Å². The molecular weight excluding hydrogens is 356 g/mol. The Balaban J connectivity index is 1.60. The van der Waals surface area contributed by atoms with Gasteiger partial charge in [0, 0.05) is 5.41 Å². The summed E-state index contributed by atoms with van der Waals surface area (Å²) in [5.74, 6) is 1.09. The molecule has 0 saturated heterocycles. The van der Waals surface area contributed by atoms with Crippen LogP contribution in [0.15, 0.2) is 11.6 Å². The van der Waals surface area contributed by atoms with Gasteiger partial charge in [-0.2, -0.15) is 8.42 Å². The van der Waals surface area contributed by atoms with Crippen LogP contribution < -0.4 is 0 Å². The number of aliphatic hydroxyl groups excluding tert-OH is 1. The predicted octanol–water partition coefficient (Wildman–Crippen LogP) is 2.68. The molecule has 4 rings (SSSR count). The third-order valence-electron chi connectivity index (χ3n) is 8.05. The molecule has 0 aromatic carbocycles. The van der Waals surface area contributed by atoms with E-state index in [0.29, 0.717) is 31.1 Å². The number of carbonyl (C=O) groups is 1. The molecule has 146 valence electrons. The maximum absolute atomic E-state index is 12.5. The first-order valence-electron chi connectivity index (χ1n) is 9.62. The summed E-state index contributed by atoms with van der Waals surface area (Å²) < 4.78 is 35.9. The minimum Gasteiger partial charge on any atom is -0.385 e. The van der Waals surface area contributed by atoms with E-state index in [9.17, 15) is 18.3 Å². The van der Waals surface area contributed by atoms with E-state index < -0.39 is 28.0 Å². The van der Waals surface area contributed by atoms with E-state index in [0.717, 1.165) is 25.7 Å². The van der Waals surface area contributed by atoms with Gasteiger partial charge in [-0.1, -0.05) is 25.5 Å². The standard InChI is InChI=1S/C19H28O6S/c1-18-7-5-12(25-26(22,23)24)9-11(18)3-4-13-14(18)6-8-19(2)15(13)10-16(20)17(19)21/h3,12-16,20H,4-10H2,1-2H3,(H,22,23,24)/t12-,13?,14?,15?,16+,18?,19?/m0/s1. The zero-order valence-corrected chi connectivity index (χ0v) is 16.2. The van der Waals surface area contributed by atoms with Crippen LogP contribution in [0.25, 0.3) is 0 Å². The van der Waals surface area contributed by atoms with Gasteiger partial charge < -0.3 is 5.11 Å². The molecule has 3 saturated carbocycles. The molecule has 0 radical (unpaired) electrons. The molecule has 7 atom stereocenters. The van der Waals surface area contributed by atoms with Crippen LogP contribution in [-0.4, -0.2) is 36.1 Å². The number of hydrogen-bond donors (Lipinski definition) is 2. The smallest absolute Gasteiger partial charge is 0.385 e. The second-order valence-corrected chi connectivity index (χ2v) is 10.3. The number of aliphatic hydroxyl groups is 1. The Morgan fingerprint density at radius 3 is 2.54 bits per heavy atom. The molecule has 0 heterocycles. The highest BCUT2D eigenvalue weighted by molar-refractivity contribution is 7.80. The molecule has 6 nitrogen and oxygen atoms in total. The average Bonchev–Trinajstić information content (AvgIpc) is 2.77. The molecule has 0 aromatic heterocycles. The van der Waals surface area contributed by atoms with Gasteiger partial charge >= 0.3 is 10.4 Å². The summed E-state index contributed by atoms with van der Waals surface area (Å²) in [6, 6.07) is 0. The van der Waals surface area contributed by atoms with Crippen LogP contribution in [0, 0.1) is 28.6 Å². The van der Waals surface area contributed by atoms with E-state index in [2.05, 4.69) is 13.0 Å². The molecule has 2 N–H and O–H groups in total. The van der Waals surface area contributed by atoms with Gasteiger partial charge in [0.15, 0.2) is 5.78 Å². The Hall–Kier alpha value is -0.760. The first-order valence-corrected chi connectivity index (χ1v) is 11.0. The highest BCUT2D eigenvalue weighted by Gasteiger charge is 2.61. The van der Waals surface area contributed by atoms with Crippen molar-refractivity contribution >= 4 is 16.2 Å². The average molecular weight is 384 g/mol. The van der Waals surface area contributed by atoms with E-state index in [-0.39, 0.29) is 17.1 Å². The minimum absolute atomic E-state index is 0.0140. The third-order valence-corrected chi connectivity index (χ3v) is 8.56. The van der Waals surface area contributed by atoms with Gasteiger partial charge in [0.2, 0.25) is 0 Å². The topological polar surface area (TPSA) is 101 Å². The number of hydrogen-bond acceptors (Lipinski definition) is 5. The van der Waals surface area contributed by atoms with Crippen molar-refractivity contribution in [3.8, 4) is 0 Å². The Kier molecular flexibility index (Phi) is 4.20. The van der Waals surface area contributed by atoms with Crippen LogP contribution in [0.1, 0.15) is 58.8 Å². The highest BCUT2D eigenvalue weighted by Crippen LogP contribution is 2.64. The summed E-state index contributed by atoms with van der Waals surface area (Å²) in [4.78, 5) is 12.5. The quantitative estimate of drug-likeness (QED) is 0.561. The van der Waals surface area contributed by atoms with Crippen molar-refractivity contribution in [1.82, 2.24) is 0 Å². The first kappa shape index (κ1) is 18.6. The summed E-state index contributed by atoms with van der Waals surface area (Å²) in [6.45, 7) is 4.29. The fraction of sp³-hybridized carbons (Fsp3) is 0.842. The van der Waals surface area contributed by atoms with Gasteiger partial charge in [0.05, 0.1) is 6.10 Å². The second kappa shape index (κ2) is 5.87. The summed E-state index contributed by atoms with van der Waals surface area (Å²) in [5.41, 5.74) is 0.820. The molecule has 4 aliphatic carbocycles. The largest absolute Gasteiger partial charge is 0.397 e. The summed E-state index contributed by atoms with van der Waals surface area (Å²) >= 11 is 0. The lowest BCUT2D eigenvalue weighted by Gasteiger charge is -2.56. The summed E-state index contributed by atoms with van der Waals surface area (Å²) in [6.07, 6.45) is 6.07. The number of ketones is 1. The van der Waals surface area contributed by atoms with Gasteiger partial charge in [-0.3, -0.25) is 9.35 Å². The lowest BCUT2D eigenvalue weighted by Crippen LogP contribution is -2.50. The van der Waals surface area contributed by atoms with Crippen LogP contribution in [0.5, 0.6) is 0 Å². The summed E-state index contributed by atoms with van der Waals surface area (Å²) in [7, 11) is -4.43. The maximum atomic E-state index is 12.5. The van der Waals surface area contributed by atoms with Crippen molar-refractivity contribution in [2.75, 3.05) is 0 Å². The molecule has 7 heteroatoms. The molecule has 0 spiro atoms. The normalized spacial score (nSPS) is 48.4. The van der Waals surface area contributed by atoms with Crippen molar-refractivity contribution in [3.63, 3.8) is 0 Å². The number of allylic oxidation sites excluding steroid dienone is 1. The predicted molar refractivity (Wildman–Crippen MR) is 94.5 cm³/mol. The lowest BCUT2D eigenvalue weighted by atomic mass is 9.48. The SMILES string of the molecule is CC12CCC3C(CC=C4C[C@@H](OS(=O)(=O)O)CCC43C)C1C[C@@H](O)C2=O. The zero-order valence-electron chi connectivity index (χ0n) is 15.3. The monoisotopic (exact) mass is 384 g/mol. The molecule has 3 fully saturated rings. The first-order chi connectivity index (χ1) is 12.0. The fourth-order valence-corrected chi connectivity index (χ4v) is 7.18. The van der Waals surface area contributed by atoms with Crippen LogP contribution in [0.4, 0.5) is 0 Å². The maximum Gasteiger partial charge on any atom is 0.397 e. The minimum atomic E-state index is -4.43. The zero-order chi connectivity index (χ0) is 18.9. The van der Waals surface area contributed by atoms with E-state index in [4.69, 9.17) is 8.74 Å². The van der Waals surface area contributed by atoms with E-state index in [1.54, 1.807) is 0 Å². The Bertz CT molecular complexity index is 758. The molecule has 0 aliphatic heterocycles. The second-order valence-electron chi connectivity index (χ2n) is 9.22. The van der Waals surface area contributed by atoms with Crippen LogP contribution >= 0.6 is 0 Å². The molecule has 4 aliphatic rings. The van der Waals surface area contributed by atoms with Crippen LogP contribution in [-0.2, 0) is 19.4 Å². The molecule has 26 heavy (non-hydrogen) atoms.